The zero-order valence-corrected chi connectivity index (χ0v) is 15.2. The average Bonchev–Trinajstić information content (AvgIpc) is 3.16. The number of hydrogen-bond donors (Lipinski definition) is 1. The van der Waals surface area contributed by atoms with Crippen molar-refractivity contribution in [1.29, 1.82) is 0 Å². The molecule has 0 unspecified atom stereocenters. The van der Waals surface area contributed by atoms with Gasteiger partial charge in [-0.1, -0.05) is 12.1 Å². The number of nitrogens with one attached hydrogen (secondary N) is 1. The van der Waals surface area contributed by atoms with Crippen molar-refractivity contribution in [2.45, 2.75) is 31.7 Å². The Balaban J connectivity index is 1.26. The van der Waals surface area contributed by atoms with Crippen molar-refractivity contribution in [3.8, 4) is 5.75 Å². The van der Waals surface area contributed by atoms with Gasteiger partial charge in [-0.15, -0.1) is 0 Å². The lowest BCUT2D eigenvalue weighted by molar-refractivity contribution is -0.121. The lowest BCUT2D eigenvalue weighted by Gasteiger charge is -2.32. The number of fused-ring (bicyclic) bond motifs is 1. The number of rotatable bonds is 4. The summed E-state index contributed by atoms with van der Waals surface area (Å²) < 4.78 is 5.51. The minimum absolute atomic E-state index is 0.0301. The number of piperidine rings is 1. The third-order valence-electron chi connectivity index (χ3n) is 5.19. The Bertz CT molecular complexity index is 830. The van der Waals surface area contributed by atoms with E-state index in [2.05, 4.69) is 16.4 Å². The summed E-state index contributed by atoms with van der Waals surface area (Å²) in [5, 5.41) is 3.12. The molecule has 0 aliphatic carbocycles. The third kappa shape index (κ3) is 4.10. The van der Waals surface area contributed by atoms with Crippen LogP contribution in [0.25, 0.3) is 0 Å². The Morgan fingerprint density at radius 2 is 1.93 bits per heavy atom. The average molecular weight is 365 g/mol. The predicted octanol–water partition coefficient (Wildman–Crippen LogP) is 1.98. The second kappa shape index (κ2) is 7.78. The van der Waals surface area contributed by atoms with E-state index >= 15 is 0 Å². The Kier molecular flexibility index (Phi) is 5.05. The maximum atomic E-state index is 12.5. The molecule has 1 N–H and O–H groups in total. The number of benzene rings is 1. The van der Waals surface area contributed by atoms with E-state index in [-0.39, 0.29) is 17.9 Å². The Hall–Kier alpha value is -2.89. The minimum atomic E-state index is 0.0301. The van der Waals surface area contributed by atoms with E-state index in [1.165, 1.54) is 5.56 Å². The molecule has 2 aromatic rings. The quantitative estimate of drug-likeness (QED) is 0.899. The van der Waals surface area contributed by atoms with Gasteiger partial charge in [-0.25, -0.2) is 0 Å². The van der Waals surface area contributed by atoms with Crippen LogP contribution in [0.3, 0.4) is 0 Å². The highest BCUT2D eigenvalue weighted by Crippen LogP contribution is 2.26. The van der Waals surface area contributed by atoms with Crippen LogP contribution in [0.15, 0.2) is 42.7 Å². The van der Waals surface area contributed by atoms with Crippen LogP contribution in [0.1, 0.15) is 34.3 Å². The molecule has 4 rings (SSSR count). The van der Waals surface area contributed by atoms with Crippen LogP contribution >= 0.6 is 0 Å². The predicted molar refractivity (Wildman–Crippen MR) is 101 cm³/mol. The summed E-state index contributed by atoms with van der Waals surface area (Å²) in [6, 6.07) is 9.57. The molecule has 27 heavy (non-hydrogen) atoms. The van der Waals surface area contributed by atoms with Crippen molar-refractivity contribution in [2.75, 3.05) is 19.7 Å². The van der Waals surface area contributed by atoms with Gasteiger partial charge in [-0.3, -0.25) is 14.6 Å². The molecule has 2 amide bonds. The summed E-state index contributed by atoms with van der Waals surface area (Å²) in [4.78, 5) is 30.6. The Morgan fingerprint density at radius 1 is 1.15 bits per heavy atom. The standard InChI is InChI=1S/C21H23N3O3/c25-20(14-15-1-2-19-17(13-15)7-12-27-19)23-18-5-10-24(11-6-18)21(26)16-3-8-22-9-4-16/h1-4,8-9,13,18H,5-7,10-12,14H2,(H,23,25). The van der Waals surface area contributed by atoms with Gasteiger partial charge in [0.2, 0.25) is 5.91 Å². The van der Waals surface area contributed by atoms with Gasteiger partial charge in [0.15, 0.2) is 0 Å². The van der Waals surface area contributed by atoms with Gasteiger partial charge in [0.1, 0.15) is 5.75 Å². The molecular weight excluding hydrogens is 342 g/mol. The smallest absolute Gasteiger partial charge is 0.253 e. The number of likely N-dealkylation sites (tertiary alicyclic amines) is 1. The molecule has 1 aromatic carbocycles. The van der Waals surface area contributed by atoms with Crippen molar-refractivity contribution in [2.24, 2.45) is 0 Å². The number of pyridine rings is 1. The topological polar surface area (TPSA) is 71.5 Å². The van der Waals surface area contributed by atoms with Crippen molar-refractivity contribution < 1.29 is 14.3 Å². The molecule has 1 aromatic heterocycles. The normalized spacial score (nSPS) is 16.5. The second-order valence-electron chi connectivity index (χ2n) is 7.09. The number of ether oxygens (including phenoxy) is 1. The highest BCUT2D eigenvalue weighted by atomic mass is 16.5. The highest BCUT2D eigenvalue weighted by Gasteiger charge is 2.24. The summed E-state index contributed by atoms with van der Waals surface area (Å²) >= 11 is 0. The highest BCUT2D eigenvalue weighted by molar-refractivity contribution is 5.94. The lowest BCUT2D eigenvalue weighted by Crippen LogP contribution is -2.46. The van der Waals surface area contributed by atoms with Crippen LogP contribution in [0.2, 0.25) is 0 Å². The van der Waals surface area contributed by atoms with Crippen molar-refractivity contribution in [3.63, 3.8) is 0 Å². The number of carbonyl (C=O) groups excluding carboxylic acids is 2. The molecule has 0 bridgehead atoms. The summed E-state index contributed by atoms with van der Waals surface area (Å²) in [5.41, 5.74) is 2.86. The number of carbonyl (C=O) groups is 2. The van der Waals surface area contributed by atoms with E-state index in [1.54, 1.807) is 24.5 Å². The van der Waals surface area contributed by atoms with E-state index in [4.69, 9.17) is 4.74 Å². The fraction of sp³-hybridized carbons (Fsp3) is 0.381. The molecule has 2 aliphatic heterocycles. The number of nitrogens with zero attached hydrogens (tertiary/aromatic N) is 2. The molecule has 6 heteroatoms. The maximum Gasteiger partial charge on any atom is 0.253 e. The van der Waals surface area contributed by atoms with Gasteiger partial charge < -0.3 is 15.0 Å². The first kappa shape index (κ1) is 17.5. The van der Waals surface area contributed by atoms with Crippen LogP contribution in [0.5, 0.6) is 5.75 Å². The van der Waals surface area contributed by atoms with Gasteiger partial charge in [0.25, 0.3) is 5.91 Å². The number of hydrogen-bond acceptors (Lipinski definition) is 4. The zero-order valence-electron chi connectivity index (χ0n) is 15.2. The van der Waals surface area contributed by atoms with Crippen LogP contribution in [0, 0.1) is 0 Å². The van der Waals surface area contributed by atoms with Gasteiger partial charge in [0, 0.05) is 43.5 Å². The van der Waals surface area contributed by atoms with Gasteiger partial charge in [0.05, 0.1) is 13.0 Å². The van der Waals surface area contributed by atoms with Crippen molar-refractivity contribution in [3.05, 3.63) is 59.4 Å². The molecule has 3 heterocycles. The maximum absolute atomic E-state index is 12.5. The molecule has 1 fully saturated rings. The van der Waals surface area contributed by atoms with Crippen LogP contribution in [0.4, 0.5) is 0 Å². The molecule has 1 saturated heterocycles. The fourth-order valence-corrected chi connectivity index (χ4v) is 3.72. The summed E-state index contributed by atoms with van der Waals surface area (Å²) in [5.74, 6) is 1.00. The van der Waals surface area contributed by atoms with E-state index < -0.39 is 0 Å². The molecule has 0 saturated carbocycles. The molecular formula is C21H23N3O3. The van der Waals surface area contributed by atoms with Crippen molar-refractivity contribution >= 4 is 11.8 Å². The molecule has 0 atom stereocenters. The third-order valence-corrected chi connectivity index (χ3v) is 5.19. The molecule has 0 radical (unpaired) electrons. The first-order valence-electron chi connectivity index (χ1n) is 9.42. The van der Waals surface area contributed by atoms with Crippen LogP contribution in [-0.4, -0.2) is 47.4 Å². The van der Waals surface area contributed by atoms with E-state index in [1.807, 2.05) is 17.0 Å². The lowest BCUT2D eigenvalue weighted by atomic mass is 10.0. The van der Waals surface area contributed by atoms with Gasteiger partial charge >= 0.3 is 0 Å². The molecule has 2 aliphatic rings. The van der Waals surface area contributed by atoms with E-state index in [0.717, 1.165) is 37.2 Å². The first-order chi connectivity index (χ1) is 13.2. The number of amides is 2. The molecule has 0 spiro atoms. The molecule has 6 nitrogen and oxygen atoms in total. The van der Waals surface area contributed by atoms with Gasteiger partial charge in [-0.2, -0.15) is 0 Å². The number of aromatic nitrogens is 1. The second-order valence-corrected chi connectivity index (χ2v) is 7.09. The van der Waals surface area contributed by atoms with Crippen LogP contribution in [-0.2, 0) is 17.6 Å². The van der Waals surface area contributed by atoms with E-state index in [9.17, 15) is 9.59 Å². The Morgan fingerprint density at radius 3 is 2.70 bits per heavy atom. The summed E-state index contributed by atoms with van der Waals surface area (Å²) in [7, 11) is 0. The SMILES string of the molecule is O=C(Cc1ccc2c(c1)CCO2)NC1CCN(C(=O)c2ccncc2)CC1. The largest absolute Gasteiger partial charge is 0.493 e. The zero-order chi connectivity index (χ0) is 18.6. The summed E-state index contributed by atoms with van der Waals surface area (Å²) in [6.07, 6.45) is 6.11. The first-order valence-corrected chi connectivity index (χ1v) is 9.42. The minimum Gasteiger partial charge on any atom is -0.493 e. The van der Waals surface area contributed by atoms with Crippen molar-refractivity contribution in [1.82, 2.24) is 15.2 Å². The Labute approximate surface area is 158 Å². The van der Waals surface area contributed by atoms with Gasteiger partial charge in [-0.05, 0) is 42.2 Å². The van der Waals surface area contributed by atoms with Crippen LogP contribution < -0.4 is 10.1 Å². The summed E-state index contributed by atoms with van der Waals surface area (Å²) in [6.45, 7) is 2.03. The monoisotopic (exact) mass is 365 g/mol. The fourth-order valence-electron chi connectivity index (χ4n) is 3.72. The van der Waals surface area contributed by atoms with E-state index in [0.29, 0.717) is 25.1 Å². The molecule has 140 valence electrons.